The highest BCUT2D eigenvalue weighted by Crippen LogP contribution is 2.48. The lowest BCUT2D eigenvalue weighted by molar-refractivity contribution is 0.0491. The maximum absolute atomic E-state index is 14.4. The Morgan fingerprint density at radius 1 is 1.21 bits per heavy atom. The van der Waals surface area contributed by atoms with Crippen LogP contribution in [-0.2, 0) is 11.3 Å². The summed E-state index contributed by atoms with van der Waals surface area (Å²) in [5.74, 6) is 0.0293. The van der Waals surface area contributed by atoms with Crippen molar-refractivity contribution in [1.82, 2.24) is 10.2 Å². The van der Waals surface area contributed by atoms with E-state index in [2.05, 4.69) is 28.4 Å². The normalized spacial score (nSPS) is 24.1. The number of rotatable bonds is 5. The SMILES string of the molecule is CC(C)(C)OC(=O)N[C@@H]1C[C@@H]2CC[C@H]1N2Cc1cccc(-c2ccc(C#N)c(F)c2)c1C1CC1. The molecule has 178 valence electrons. The summed E-state index contributed by atoms with van der Waals surface area (Å²) in [5, 5.41) is 12.2. The third-order valence-electron chi connectivity index (χ3n) is 7.32. The summed E-state index contributed by atoms with van der Waals surface area (Å²) in [7, 11) is 0. The Hall–Kier alpha value is -2.91. The van der Waals surface area contributed by atoms with E-state index in [1.54, 1.807) is 6.07 Å². The van der Waals surface area contributed by atoms with E-state index in [9.17, 15) is 9.18 Å². The van der Waals surface area contributed by atoms with E-state index < -0.39 is 11.4 Å². The topological polar surface area (TPSA) is 65.4 Å². The molecule has 6 heteroatoms. The molecule has 1 N–H and O–H groups in total. The predicted octanol–water partition coefficient (Wildman–Crippen LogP) is 5.87. The van der Waals surface area contributed by atoms with Gasteiger partial charge in [0.25, 0.3) is 0 Å². The van der Waals surface area contributed by atoms with Crippen molar-refractivity contribution in [1.29, 1.82) is 5.26 Å². The molecule has 2 aromatic rings. The van der Waals surface area contributed by atoms with E-state index in [0.717, 1.165) is 49.8 Å². The van der Waals surface area contributed by atoms with E-state index >= 15 is 0 Å². The summed E-state index contributed by atoms with van der Waals surface area (Å²) >= 11 is 0. The maximum atomic E-state index is 14.4. The molecule has 2 saturated heterocycles. The number of amides is 1. The van der Waals surface area contributed by atoms with Crippen molar-refractivity contribution in [2.75, 3.05) is 0 Å². The summed E-state index contributed by atoms with van der Waals surface area (Å²) in [4.78, 5) is 14.9. The minimum absolute atomic E-state index is 0.0741. The third-order valence-corrected chi connectivity index (χ3v) is 7.32. The zero-order chi connectivity index (χ0) is 24.0. The van der Waals surface area contributed by atoms with Crippen molar-refractivity contribution in [3.8, 4) is 17.2 Å². The third kappa shape index (κ3) is 4.54. The van der Waals surface area contributed by atoms with E-state index in [1.807, 2.05) is 32.9 Å². The Labute approximate surface area is 200 Å². The largest absolute Gasteiger partial charge is 0.444 e. The number of benzene rings is 2. The monoisotopic (exact) mass is 461 g/mol. The van der Waals surface area contributed by atoms with Crippen LogP contribution in [0.5, 0.6) is 0 Å². The summed E-state index contributed by atoms with van der Waals surface area (Å²) in [6.45, 7) is 6.48. The fourth-order valence-corrected chi connectivity index (χ4v) is 5.79. The van der Waals surface area contributed by atoms with Crippen LogP contribution in [0.2, 0.25) is 0 Å². The van der Waals surface area contributed by atoms with Crippen molar-refractivity contribution in [3.05, 3.63) is 58.9 Å². The summed E-state index contributed by atoms with van der Waals surface area (Å²) in [5.41, 5.74) is 4.07. The molecule has 0 aromatic heterocycles. The molecule has 0 spiro atoms. The number of hydrogen-bond acceptors (Lipinski definition) is 4. The number of nitriles is 1. The predicted molar refractivity (Wildman–Crippen MR) is 129 cm³/mol. The molecule has 2 bridgehead atoms. The number of carbonyl (C=O) groups is 1. The quantitative estimate of drug-likeness (QED) is 0.605. The summed E-state index contributed by atoms with van der Waals surface area (Å²) in [6, 6.07) is 14.0. The minimum Gasteiger partial charge on any atom is -0.444 e. The van der Waals surface area contributed by atoms with Crippen LogP contribution in [-0.4, -0.2) is 34.7 Å². The number of nitrogens with one attached hydrogen (secondary N) is 1. The van der Waals surface area contributed by atoms with Crippen molar-refractivity contribution in [2.45, 2.75) is 89.1 Å². The number of hydrogen-bond donors (Lipinski definition) is 1. The Morgan fingerprint density at radius 3 is 2.68 bits per heavy atom. The van der Waals surface area contributed by atoms with Crippen molar-refractivity contribution >= 4 is 6.09 Å². The smallest absolute Gasteiger partial charge is 0.407 e. The lowest BCUT2D eigenvalue weighted by Crippen LogP contribution is -2.45. The van der Waals surface area contributed by atoms with Crippen LogP contribution < -0.4 is 5.32 Å². The number of ether oxygens (including phenoxy) is 1. The van der Waals surface area contributed by atoms with E-state index in [1.165, 1.54) is 17.2 Å². The molecule has 2 aromatic carbocycles. The molecular weight excluding hydrogens is 429 g/mol. The van der Waals surface area contributed by atoms with E-state index in [0.29, 0.717) is 18.0 Å². The zero-order valence-electron chi connectivity index (χ0n) is 20.1. The molecule has 0 radical (unpaired) electrons. The molecule has 2 aliphatic heterocycles. The molecule has 3 atom stereocenters. The maximum Gasteiger partial charge on any atom is 0.407 e. The standard InChI is InChI=1S/C28H32FN3O2/c1-28(2,3)34-27(33)31-24-14-21-11-12-25(24)32(21)16-20-5-4-6-22(26(20)17-7-8-17)18-9-10-19(15-30)23(29)13-18/h4-6,9-10,13,17,21,24-25H,7-8,11-12,14,16H2,1-3H3,(H,31,33)/t21-,24+,25+/m0/s1. The first-order valence-electron chi connectivity index (χ1n) is 12.3. The Kier molecular flexibility index (Phi) is 5.85. The fourth-order valence-electron chi connectivity index (χ4n) is 5.79. The van der Waals surface area contributed by atoms with E-state index in [4.69, 9.17) is 10.00 Å². The first-order chi connectivity index (χ1) is 16.2. The van der Waals surface area contributed by atoms with Crippen LogP contribution in [0.15, 0.2) is 36.4 Å². The second kappa shape index (κ2) is 8.70. The van der Waals surface area contributed by atoms with E-state index in [-0.39, 0.29) is 17.7 Å². The molecule has 0 unspecified atom stereocenters. The Balaban J connectivity index is 1.38. The van der Waals surface area contributed by atoms with Gasteiger partial charge in [-0.2, -0.15) is 5.26 Å². The van der Waals surface area contributed by atoms with Crippen LogP contribution in [0.4, 0.5) is 9.18 Å². The van der Waals surface area contributed by atoms with Gasteiger partial charge in [0.1, 0.15) is 17.5 Å². The molecule has 5 rings (SSSR count). The van der Waals surface area contributed by atoms with Gasteiger partial charge in [-0.1, -0.05) is 24.3 Å². The van der Waals surface area contributed by atoms with Gasteiger partial charge >= 0.3 is 6.09 Å². The van der Waals surface area contributed by atoms with Gasteiger partial charge in [0.15, 0.2) is 0 Å². The van der Waals surface area contributed by atoms with Crippen LogP contribution in [0, 0.1) is 17.1 Å². The number of carbonyl (C=O) groups excluding carboxylic acids is 1. The number of alkyl carbamates (subject to hydrolysis) is 1. The molecule has 34 heavy (non-hydrogen) atoms. The molecule has 3 aliphatic rings. The van der Waals surface area contributed by atoms with Crippen LogP contribution >= 0.6 is 0 Å². The van der Waals surface area contributed by atoms with Gasteiger partial charge in [0.2, 0.25) is 0 Å². The first kappa shape index (κ1) is 22.9. The molecule has 3 fully saturated rings. The zero-order valence-corrected chi connectivity index (χ0v) is 20.1. The van der Waals surface area contributed by atoms with Crippen LogP contribution in [0.25, 0.3) is 11.1 Å². The first-order valence-corrected chi connectivity index (χ1v) is 12.3. The molecule has 1 aliphatic carbocycles. The average Bonchev–Trinajstić information content (AvgIpc) is 3.48. The molecule has 1 amide bonds. The molecular formula is C28H32FN3O2. The highest BCUT2D eigenvalue weighted by Gasteiger charge is 2.47. The average molecular weight is 462 g/mol. The highest BCUT2D eigenvalue weighted by atomic mass is 19.1. The van der Waals surface area contributed by atoms with Crippen molar-refractivity contribution < 1.29 is 13.9 Å². The van der Waals surface area contributed by atoms with Crippen LogP contribution in [0.1, 0.15) is 75.5 Å². The lowest BCUT2D eigenvalue weighted by atomic mass is 9.91. The van der Waals surface area contributed by atoms with Crippen molar-refractivity contribution in [3.63, 3.8) is 0 Å². The highest BCUT2D eigenvalue weighted by molar-refractivity contribution is 5.71. The summed E-state index contributed by atoms with van der Waals surface area (Å²) in [6.07, 6.45) is 5.13. The molecule has 5 nitrogen and oxygen atoms in total. The summed E-state index contributed by atoms with van der Waals surface area (Å²) < 4.78 is 19.9. The van der Waals surface area contributed by atoms with Gasteiger partial charge in [-0.15, -0.1) is 0 Å². The van der Waals surface area contributed by atoms with Crippen molar-refractivity contribution in [2.24, 2.45) is 0 Å². The van der Waals surface area contributed by atoms with Gasteiger partial charge < -0.3 is 10.1 Å². The Bertz CT molecular complexity index is 1150. The van der Waals surface area contributed by atoms with Gasteiger partial charge in [0, 0.05) is 24.7 Å². The van der Waals surface area contributed by atoms with Gasteiger partial charge in [-0.25, -0.2) is 9.18 Å². The van der Waals surface area contributed by atoms with Crippen LogP contribution in [0.3, 0.4) is 0 Å². The Morgan fingerprint density at radius 2 is 2.00 bits per heavy atom. The molecule has 1 saturated carbocycles. The number of nitrogens with zero attached hydrogens (tertiary/aromatic N) is 2. The molecule has 2 heterocycles. The lowest BCUT2D eigenvalue weighted by Gasteiger charge is -2.27. The van der Waals surface area contributed by atoms with Gasteiger partial charge in [0.05, 0.1) is 5.56 Å². The second-order valence-corrected chi connectivity index (χ2v) is 10.9. The fraction of sp³-hybridized carbons (Fsp3) is 0.500. The number of fused-ring (bicyclic) bond motifs is 2. The number of halogens is 1. The van der Waals surface area contributed by atoms with Gasteiger partial charge in [-0.05, 0) is 93.2 Å². The minimum atomic E-state index is -0.508. The second-order valence-electron chi connectivity index (χ2n) is 10.9. The van der Waals surface area contributed by atoms with Gasteiger partial charge in [-0.3, -0.25) is 4.90 Å².